The number of carbonyl (C=O) groups excluding carboxylic acids is 2. The van der Waals surface area contributed by atoms with Crippen LogP contribution in [-0.4, -0.2) is 41.8 Å². The van der Waals surface area contributed by atoms with Gasteiger partial charge in [0.05, 0.1) is 11.1 Å². The predicted molar refractivity (Wildman–Crippen MR) is 83.3 cm³/mol. The van der Waals surface area contributed by atoms with Gasteiger partial charge in [0.2, 0.25) is 0 Å². The molecule has 5 heteroatoms. The summed E-state index contributed by atoms with van der Waals surface area (Å²) in [6.45, 7) is 7.45. The van der Waals surface area contributed by atoms with E-state index in [9.17, 15) is 9.59 Å². The van der Waals surface area contributed by atoms with E-state index in [4.69, 9.17) is 0 Å². The van der Waals surface area contributed by atoms with Gasteiger partial charge in [-0.3, -0.25) is 14.6 Å². The number of aromatic nitrogens is 1. The molecule has 0 bridgehead atoms. The van der Waals surface area contributed by atoms with Gasteiger partial charge in [-0.15, -0.1) is 0 Å². The first kappa shape index (κ1) is 17.1. The number of pyridine rings is 1. The molecule has 0 atom stereocenters. The highest BCUT2D eigenvalue weighted by Crippen LogP contribution is 2.07. The van der Waals surface area contributed by atoms with Gasteiger partial charge in [-0.1, -0.05) is 27.2 Å². The Morgan fingerprint density at radius 2 is 1.95 bits per heavy atom. The number of amides is 2. The number of rotatable bonds is 7. The minimum absolute atomic E-state index is 0.102. The van der Waals surface area contributed by atoms with Crippen LogP contribution in [0, 0.1) is 5.92 Å². The van der Waals surface area contributed by atoms with Crippen molar-refractivity contribution in [2.45, 2.75) is 33.6 Å². The SMILES string of the molecule is CCCCN(C)C(=O)c1cncc(C(=O)NCC(C)C)c1. The van der Waals surface area contributed by atoms with Crippen LogP contribution in [0.1, 0.15) is 54.3 Å². The lowest BCUT2D eigenvalue weighted by Crippen LogP contribution is -2.29. The Morgan fingerprint density at radius 3 is 2.57 bits per heavy atom. The zero-order chi connectivity index (χ0) is 15.8. The van der Waals surface area contributed by atoms with Crippen molar-refractivity contribution in [2.75, 3.05) is 20.1 Å². The Balaban J connectivity index is 2.75. The van der Waals surface area contributed by atoms with Crippen molar-refractivity contribution in [3.8, 4) is 0 Å². The number of hydrogen-bond donors (Lipinski definition) is 1. The van der Waals surface area contributed by atoms with Gasteiger partial charge in [0.25, 0.3) is 11.8 Å². The molecule has 0 saturated carbocycles. The molecule has 0 aliphatic carbocycles. The number of nitrogens with one attached hydrogen (secondary N) is 1. The molecule has 0 aliphatic heterocycles. The van der Waals surface area contributed by atoms with Gasteiger partial charge in [-0.05, 0) is 18.4 Å². The number of hydrogen-bond acceptors (Lipinski definition) is 3. The molecule has 5 nitrogen and oxygen atoms in total. The molecule has 1 aromatic rings. The summed E-state index contributed by atoms with van der Waals surface area (Å²) in [5.74, 6) is 0.0865. The molecular formula is C16H25N3O2. The first-order valence-electron chi connectivity index (χ1n) is 7.44. The monoisotopic (exact) mass is 291 g/mol. The van der Waals surface area contributed by atoms with Crippen molar-refractivity contribution in [3.05, 3.63) is 29.6 Å². The maximum absolute atomic E-state index is 12.2. The highest BCUT2D eigenvalue weighted by atomic mass is 16.2. The highest BCUT2D eigenvalue weighted by Gasteiger charge is 2.14. The first-order chi connectivity index (χ1) is 9.95. The van der Waals surface area contributed by atoms with Crippen LogP contribution in [0.5, 0.6) is 0 Å². The van der Waals surface area contributed by atoms with Crippen LogP contribution in [0.3, 0.4) is 0 Å². The molecule has 0 spiro atoms. The molecule has 2 amide bonds. The Hall–Kier alpha value is -1.91. The lowest BCUT2D eigenvalue weighted by molar-refractivity contribution is 0.0793. The fourth-order valence-electron chi connectivity index (χ4n) is 1.80. The van der Waals surface area contributed by atoms with Crippen molar-refractivity contribution in [3.63, 3.8) is 0 Å². The van der Waals surface area contributed by atoms with Crippen LogP contribution in [0.4, 0.5) is 0 Å². The second-order valence-electron chi connectivity index (χ2n) is 5.65. The Morgan fingerprint density at radius 1 is 1.29 bits per heavy atom. The average molecular weight is 291 g/mol. The van der Waals surface area contributed by atoms with E-state index in [1.807, 2.05) is 13.8 Å². The predicted octanol–water partition coefficient (Wildman–Crippen LogP) is 2.34. The van der Waals surface area contributed by atoms with Crippen LogP contribution < -0.4 is 5.32 Å². The minimum Gasteiger partial charge on any atom is -0.352 e. The molecule has 0 fully saturated rings. The normalized spacial score (nSPS) is 10.5. The second-order valence-corrected chi connectivity index (χ2v) is 5.65. The van der Waals surface area contributed by atoms with Gasteiger partial charge < -0.3 is 10.2 Å². The summed E-state index contributed by atoms with van der Waals surface area (Å²) >= 11 is 0. The molecule has 0 aromatic carbocycles. The third kappa shape index (κ3) is 5.53. The Bertz CT molecular complexity index is 486. The summed E-state index contributed by atoms with van der Waals surface area (Å²) in [5.41, 5.74) is 0.871. The molecule has 1 aromatic heterocycles. The maximum atomic E-state index is 12.2. The Kier molecular flexibility index (Phi) is 6.85. The molecule has 0 unspecified atom stereocenters. The van der Waals surface area contributed by atoms with Crippen LogP contribution in [-0.2, 0) is 0 Å². The van der Waals surface area contributed by atoms with E-state index < -0.39 is 0 Å². The molecular weight excluding hydrogens is 266 g/mol. The van der Waals surface area contributed by atoms with Gasteiger partial charge in [-0.25, -0.2) is 0 Å². The fraction of sp³-hybridized carbons (Fsp3) is 0.562. The van der Waals surface area contributed by atoms with Crippen LogP contribution in [0.15, 0.2) is 18.5 Å². The highest BCUT2D eigenvalue weighted by molar-refractivity contribution is 5.99. The largest absolute Gasteiger partial charge is 0.352 e. The number of unbranched alkanes of at least 4 members (excludes halogenated alkanes) is 1. The smallest absolute Gasteiger partial charge is 0.255 e. The van der Waals surface area contributed by atoms with E-state index in [0.29, 0.717) is 30.1 Å². The lowest BCUT2D eigenvalue weighted by Gasteiger charge is -2.16. The van der Waals surface area contributed by atoms with Crippen molar-refractivity contribution < 1.29 is 9.59 Å². The van der Waals surface area contributed by atoms with Crippen molar-refractivity contribution in [1.29, 1.82) is 0 Å². The summed E-state index contributed by atoms with van der Waals surface area (Å²) in [6.07, 6.45) is 4.99. The average Bonchev–Trinajstić information content (AvgIpc) is 2.49. The molecule has 0 radical (unpaired) electrons. The molecule has 1 N–H and O–H groups in total. The van der Waals surface area contributed by atoms with E-state index in [2.05, 4.69) is 17.2 Å². The van der Waals surface area contributed by atoms with E-state index in [-0.39, 0.29) is 11.8 Å². The molecule has 116 valence electrons. The summed E-state index contributed by atoms with van der Waals surface area (Å²) in [5, 5.41) is 2.82. The quantitative estimate of drug-likeness (QED) is 0.838. The van der Waals surface area contributed by atoms with E-state index in [0.717, 1.165) is 12.8 Å². The summed E-state index contributed by atoms with van der Waals surface area (Å²) in [7, 11) is 1.77. The van der Waals surface area contributed by atoms with E-state index in [1.54, 1.807) is 18.0 Å². The van der Waals surface area contributed by atoms with Gasteiger partial charge >= 0.3 is 0 Å². The fourth-order valence-corrected chi connectivity index (χ4v) is 1.80. The summed E-state index contributed by atoms with van der Waals surface area (Å²) < 4.78 is 0. The van der Waals surface area contributed by atoms with Crippen LogP contribution in [0.25, 0.3) is 0 Å². The van der Waals surface area contributed by atoms with E-state index in [1.165, 1.54) is 12.4 Å². The van der Waals surface area contributed by atoms with Crippen molar-refractivity contribution in [2.24, 2.45) is 5.92 Å². The second kappa shape index (κ2) is 8.39. The topological polar surface area (TPSA) is 62.3 Å². The number of nitrogens with zero attached hydrogens (tertiary/aromatic N) is 2. The standard InChI is InChI=1S/C16H25N3O2/c1-5-6-7-19(4)16(21)14-8-13(10-17-11-14)15(20)18-9-12(2)3/h8,10-12H,5-7,9H2,1-4H3,(H,18,20). The zero-order valence-electron chi connectivity index (χ0n) is 13.3. The third-order valence-electron chi connectivity index (χ3n) is 3.11. The molecule has 0 aliphatic rings. The van der Waals surface area contributed by atoms with Crippen LogP contribution in [0.2, 0.25) is 0 Å². The first-order valence-corrected chi connectivity index (χ1v) is 7.44. The van der Waals surface area contributed by atoms with Gasteiger partial charge in [0, 0.05) is 32.5 Å². The zero-order valence-corrected chi connectivity index (χ0v) is 13.3. The lowest BCUT2D eigenvalue weighted by atomic mass is 10.1. The molecule has 0 saturated heterocycles. The maximum Gasteiger partial charge on any atom is 0.255 e. The minimum atomic E-state index is -0.193. The third-order valence-corrected chi connectivity index (χ3v) is 3.11. The summed E-state index contributed by atoms with van der Waals surface area (Å²) in [6, 6.07) is 1.60. The van der Waals surface area contributed by atoms with Crippen molar-refractivity contribution >= 4 is 11.8 Å². The summed E-state index contributed by atoms with van der Waals surface area (Å²) in [4.78, 5) is 29.9. The number of carbonyl (C=O) groups is 2. The van der Waals surface area contributed by atoms with E-state index >= 15 is 0 Å². The van der Waals surface area contributed by atoms with Gasteiger partial charge in [-0.2, -0.15) is 0 Å². The molecule has 1 rings (SSSR count). The molecule has 21 heavy (non-hydrogen) atoms. The van der Waals surface area contributed by atoms with Crippen molar-refractivity contribution in [1.82, 2.24) is 15.2 Å². The van der Waals surface area contributed by atoms with Crippen LogP contribution >= 0.6 is 0 Å². The molecule has 1 heterocycles. The van der Waals surface area contributed by atoms with Gasteiger partial charge in [0.1, 0.15) is 0 Å². The Labute approximate surface area is 126 Å². The van der Waals surface area contributed by atoms with Gasteiger partial charge in [0.15, 0.2) is 0 Å².